The van der Waals surface area contributed by atoms with Crippen LogP contribution in [0, 0.1) is 13.8 Å². The zero-order chi connectivity index (χ0) is 14.7. The fourth-order valence-electron chi connectivity index (χ4n) is 2.47. The van der Waals surface area contributed by atoms with E-state index >= 15 is 0 Å². The minimum Gasteiger partial charge on any atom is -0.329 e. The monoisotopic (exact) mass is 308 g/mol. The molecular formula is C16H21ClN2S. The van der Waals surface area contributed by atoms with Gasteiger partial charge in [0.05, 0.1) is 4.34 Å². The third kappa shape index (κ3) is 3.41. The first kappa shape index (κ1) is 15.5. The van der Waals surface area contributed by atoms with Crippen molar-refractivity contribution >= 4 is 22.9 Å². The second kappa shape index (κ2) is 6.72. The number of thiophene rings is 1. The van der Waals surface area contributed by atoms with Crippen molar-refractivity contribution in [1.29, 1.82) is 0 Å². The van der Waals surface area contributed by atoms with E-state index in [2.05, 4.69) is 50.1 Å². The normalized spacial score (nSPS) is 12.9. The van der Waals surface area contributed by atoms with Crippen molar-refractivity contribution in [2.45, 2.75) is 26.4 Å². The van der Waals surface area contributed by atoms with Crippen LogP contribution >= 0.6 is 22.9 Å². The molecule has 108 valence electrons. The Labute approximate surface area is 130 Å². The van der Waals surface area contributed by atoms with E-state index in [-0.39, 0.29) is 6.04 Å². The summed E-state index contributed by atoms with van der Waals surface area (Å²) in [6.45, 7) is 5.79. The molecule has 0 aliphatic carbocycles. The summed E-state index contributed by atoms with van der Waals surface area (Å²) in [5.41, 5.74) is 9.98. The van der Waals surface area contributed by atoms with Crippen LogP contribution in [0.25, 0.3) is 0 Å². The second-order valence-electron chi connectivity index (χ2n) is 5.16. The Hall–Kier alpha value is -0.870. The number of benzene rings is 1. The Kier molecular flexibility index (Phi) is 5.22. The molecule has 2 N–H and O–H groups in total. The van der Waals surface area contributed by atoms with Gasteiger partial charge in [0, 0.05) is 24.0 Å². The van der Waals surface area contributed by atoms with Crippen LogP contribution < -0.4 is 5.73 Å². The Bertz CT molecular complexity index is 580. The van der Waals surface area contributed by atoms with Gasteiger partial charge < -0.3 is 5.73 Å². The van der Waals surface area contributed by atoms with Crippen LogP contribution in [0.15, 0.2) is 30.3 Å². The van der Waals surface area contributed by atoms with Gasteiger partial charge in [0.15, 0.2) is 0 Å². The van der Waals surface area contributed by atoms with E-state index < -0.39 is 0 Å². The summed E-state index contributed by atoms with van der Waals surface area (Å²) in [5.74, 6) is 0. The van der Waals surface area contributed by atoms with Gasteiger partial charge in [0.2, 0.25) is 0 Å². The van der Waals surface area contributed by atoms with Gasteiger partial charge in [-0.25, -0.2) is 0 Å². The van der Waals surface area contributed by atoms with Crippen LogP contribution in [-0.2, 0) is 6.54 Å². The molecule has 0 aliphatic rings. The third-order valence-corrected chi connectivity index (χ3v) is 5.01. The van der Waals surface area contributed by atoms with Crippen molar-refractivity contribution in [2.75, 3.05) is 13.6 Å². The summed E-state index contributed by atoms with van der Waals surface area (Å²) >= 11 is 7.63. The van der Waals surface area contributed by atoms with E-state index in [1.54, 1.807) is 11.3 Å². The predicted octanol–water partition coefficient (Wildman–Crippen LogP) is 4.15. The molecule has 0 saturated heterocycles. The highest BCUT2D eigenvalue weighted by Crippen LogP contribution is 2.28. The lowest BCUT2D eigenvalue weighted by atomic mass is 9.96. The molecule has 4 heteroatoms. The molecule has 0 saturated carbocycles. The van der Waals surface area contributed by atoms with Gasteiger partial charge in [-0.05, 0) is 49.7 Å². The smallest absolute Gasteiger partial charge is 0.0931 e. The summed E-state index contributed by atoms with van der Waals surface area (Å²) in [6, 6.07) is 10.7. The fraction of sp³-hybridized carbons (Fsp3) is 0.375. The quantitative estimate of drug-likeness (QED) is 0.899. The largest absolute Gasteiger partial charge is 0.329 e. The zero-order valence-corrected chi connectivity index (χ0v) is 13.8. The molecule has 0 bridgehead atoms. The molecule has 0 amide bonds. The van der Waals surface area contributed by atoms with E-state index in [4.69, 9.17) is 17.3 Å². The van der Waals surface area contributed by atoms with Gasteiger partial charge >= 0.3 is 0 Å². The maximum atomic E-state index is 6.02. The number of hydrogen-bond donors (Lipinski definition) is 1. The predicted molar refractivity (Wildman–Crippen MR) is 88.5 cm³/mol. The molecule has 1 aromatic heterocycles. The summed E-state index contributed by atoms with van der Waals surface area (Å²) in [7, 11) is 2.12. The van der Waals surface area contributed by atoms with Crippen molar-refractivity contribution in [1.82, 2.24) is 4.90 Å². The summed E-state index contributed by atoms with van der Waals surface area (Å²) < 4.78 is 0.837. The molecule has 0 aliphatic heterocycles. The third-order valence-electron chi connectivity index (χ3n) is 3.79. The minimum atomic E-state index is 0.232. The molecular weight excluding hydrogens is 288 g/mol. The topological polar surface area (TPSA) is 29.3 Å². The standard InChI is InChI=1S/C16H21ClN2S/c1-11-5-4-6-14(12(11)2)15(9-18)19(3)10-13-7-8-16(17)20-13/h4-8,15H,9-10,18H2,1-3H3. The molecule has 2 rings (SSSR count). The van der Waals surface area contributed by atoms with Crippen LogP contribution in [0.2, 0.25) is 4.34 Å². The highest BCUT2D eigenvalue weighted by Gasteiger charge is 2.18. The van der Waals surface area contributed by atoms with Crippen molar-refractivity contribution in [3.05, 3.63) is 56.2 Å². The molecule has 0 spiro atoms. The number of likely N-dealkylation sites (N-methyl/N-ethyl adjacent to an activating group) is 1. The number of nitrogens with two attached hydrogens (primary N) is 1. The van der Waals surface area contributed by atoms with Gasteiger partial charge in [0.1, 0.15) is 0 Å². The SMILES string of the molecule is Cc1cccc(C(CN)N(C)Cc2ccc(Cl)s2)c1C. The lowest BCUT2D eigenvalue weighted by molar-refractivity contribution is 0.243. The Balaban J connectivity index is 2.20. The number of nitrogens with zero attached hydrogens (tertiary/aromatic N) is 1. The van der Waals surface area contributed by atoms with E-state index in [0.717, 1.165) is 10.9 Å². The Morgan fingerprint density at radius 3 is 2.60 bits per heavy atom. The highest BCUT2D eigenvalue weighted by molar-refractivity contribution is 7.16. The first-order valence-electron chi connectivity index (χ1n) is 6.73. The van der Waals surface area contributed by atoms with Crippen LogP contribution in [0.3, 0.4) is 0 Å². The van der Waals surface area contributed by atoms with E-state index in [0.29, 0.717) is 6.54 Å². The first-order valence-corrected chi connectivity index (χ1v) is 7.93. The number of hydrogen-bond acceptors (Lipinski definition) is 3. The second-order valence-corrected chi connectivity index (χ2v) is 6.96. The summed E-state index contributed by atoms with van der Waals surface area (Å²) in [5, 5.41) is 0. The first-order chi connectivity index (χ1) is 9.52. The maximum Gasteiger partial charge on any atom is 0.0931 e. The molecule has 0 fully saturated rings. The van der Waals surface area contributed by atoms with E-state index in [1.165, 1.54) is 21.6 Å². The average molecular weight is 309 g/mol. The molecule has 1 heterocycles. The molecule has 2 aromatic rings. The van der Waals surface area contributed by atoms with Crippen LogP contribution in [0.4, 0.5) is 0 Å². The molecule has 1 aromatic carbocycles. The van der Waals surface area contributed by atoms with Crippen LogP contribution in [-0.4, -0.2) is 18.5 Å². The van der Waals surface area contributed by atoms with Crippen LogP contribution in [0.5, 0.6) is 0 Å². The van der Waals surface area contributed by atoms with Crippen molar-refractivity contribution in [2.24, 2.45) is 5.73 Å². The lowest BCUT2D eigenvalue weighted by Crippen LogP contribution is -2.30. The van der Waals surface area contributed by atoms with Gasteiger partial charge in [0.25, 0.3) is 0 Å². The molecule has 20 heavy (non-hydrogen) atoms. The van der Waals surface area contributed by atoms with Gasteiger partial charge in [-0.15, -0.1) is 11.3 Å². The maximum absolute atomic E-state index is 6.02. The number of aryl methyl sites for hydroxylation is 1. The highest BCUT2D eigenvalue weighted by atomic mass is 35.5. The van der Waals surface area contributed by atoms with E-state index in [1.807, 2.05) is 6.07 Å². The number of halogens is 1. The molecule has 0 radical (unpaired) electrons. The molecule has 1 atom stereocenters. The Morgan fingerprint density at radius 2 is 2.00 bits per heavy atom. The Morgan fingerprint density at radius 1 is 1.25 bits per heavy atom. The van der Waals surface area contributed by atoms with Gasteiger partial charge in [-0.2, -0.15) is 0 Å². The molecule has 2 nitrogen and oxygen atoms in total. The minimum absolute atomic E-state index is 0.232. The summed E-state index contributed by atoms with van der Waals surface area (Å²) in [4.78, 5) is 3.56. The van der Waals surface area contributed by atoms with E-state index in [9.17, 15) is 0 Å². The summed E-state index contributed by atoms with van der Waals surface area (Å²) in [6.07, 6.45) is 0. The van der Waals surface area contributed by atoms with Crippen molar-refractivity contribution in [3.63, 3.8) is 0 Å². The van der Waals surface area contributed by atoms with Crippen molar-refractivity contribution in [3.8, 4) is 0 Å². The zero-order valence-electron chi connectivity index (χ0n) is 12.2. The average Bonchev–Trinajstić information content (AvgIpc) is 2.81. The molecule has 1 unspecified atom stereocenters. The van der Waals surface area contributed by atoms with Crippen molar-refractivity contribution < 1.29 is 0 Å². The van der Waals surface area contributed by atoms with Crippen LogP contribution in [0.1, 0.15) is 27.6 Å². The van der Waals surface area contributed by atoms with Gasteiger partial charge in [-0.3, -0.25) is 4.90 Å². The van der Waals surface area contributed by atoms with Gasteiger partial charge in [-0.1, -0.05) is 29.8 Å². The lowest BCUT2D eigenvalue weighted by Gasteiger charge is -2.28. The fourth-order valence-corrected chi connectivity index (χ4v) is 3.62. The number of rotatable bonds is 5.